The van der Waals surface area contributed by atoms with Gasteiger partial charge in [0.05, 0.1) is 17.0 Å². The Bertz CT molecular complexity index is 725. The number of carbonyl (C=O) groups is 3. The second kappa shape index (κ2) is 7.55. The number of rotatable bonds is 6. The Kier molecular flexibility index (Phi) is 5.48. The molecule has 1 heterocycles. The van der Waals surface area contributed by atoms with E-state index in [1.807, 2.05) is 6.07 Å². The van der Waals surface area contributed by atoms with Gasteiger partial charge in [-0.05, 0) is 31.5 Å². The van der Waals surface area contributed by atoms with E-state index in [4.69, 9.17) is 4.74 Å². The molecule has 1 aromatic carbocycles. The minimum Gasteiger partial charge on any atom is -0.462 e. The zero-order valence-electron chi connectivity index (χ0n) is 12.7. The van der Waals surface area contributed by atoms with Gasteiger partial charge >= 0.3 is 5.97 Å². The SMILES string of the molecule is CCOC(=O)c1c(NC=O)sc(C(=O)Nc2ccccc2)c1C. The van der Waals surface area contributed by atoms with Crippen LogP contribution in [0.4, 0.5) is 10.7 Å². The summed E-state index contributed by atoms with van der Waals surface area (Å²) in [6.45, 7) is 3.55. The summed E-state index contributed by atoms with van der Waals surface area (Å²) in [5.74, 6) is -0.910. The fourth-order valence-electron chi connectivity index (χ4n) is 2.04. The van der Waals surface area contributed by atoms with Crippen molar-refractivity contribution >= 4 is 40.3 Å². The highest BCUT2D eigenvalue weighted by Gasteiger charge is 2.25. The van der Waals surface area contributed by atoms with Gasteiger partial charge in [0.25, 0.3) is 5.91 Å². The molecular weight excluding hydrogens is 316 g/mol. The molecule has 0 spiro atoms. The molecule has 0 saturated heterocycles. The number of amides is 2. The van der Waals surface area contributed by atoms with E-state index in [0.717, 1.165) is 11.3 Å². The molecule has 2 rings (SSSR count). The first kappa shape index (κ1) is 16.7. The highest BCUT2D eigenvalue weighted by molar-refractivity contribution is 7.18. The summed E-state index contributed by atoms with van der Waals surface area (Å²) >= 11 is 1.04. The smallest absolute Gasteiger partial charge is 0.341 e. The molecule has 0 radical (unpaired) electrons. The van der Waals surface area contributed by atoms with Crippen molar-refractivity contribution in [1.29, 1.82) is 0 Å². The first-order valence-electron chi connectivity index (χ1n) is 6.95. The number of hydrogen-bond donors (Lipinski definition) is 2. The summed E-state index contributed by atoms with van der Waals surface area (Å²) in [4.78, 5) is 35.5. The van der Waals surface area contributed by atoms with Gasteiger partial charge in [0.2, 0.25) is 6.41 Å². The number of hydrogen-bond acceptors (Lipinski definition) is 5. The maximum Gasteiger partial charge on any atom is 0.341 e. The summed E-state index contributed by atoms with van der Waals surface area (Å²) in [7, 11) is 0. The van der Waals surface area contributed by atoms with Crippen molar-refractivity contribution in [1.82, 2.24) is 0 Å². The van der Waals surface area contributed by atoms with Crippen molar-refractivity contribution in [3.05, 3.63) is 46.3 Å². The zero-order valence-corrected chi connectivity index (χ0v) is 13.5. The van der Waals surface area contributed by atoms with Crippen molar-refractivity contribution in [2.24, 2.45) is 0 Å². The highest BCUT2D eigenvalue weighted by atomic mass is 32.1. The lowest BCUT2D eigenvalue weighted by molar-refractivity contribution is -0.105. The summed E-state index contributed by atoms with van der Waals surface area (Å²) < 4.78 is 4.99. The second-order valence-electron chi connectivity index (χ2n) is 4.56. The normalized spacial score (nSPS) is 10.0. The van der Waals surface area contributed by atoms with Crippen LogP contribution in [-0.4, -0.2) is 24.9 Å². The Balaban J connectivity index is 2.35. The van der Waals surface area contributed by atoms with Gasteiger partial charge in [0.15, 0.2) is 0 Å². The van der Waals surface area contributed by atoms with Crippen molar-refractivity contribution < 1.29 is 19.1 Å². The number of nitrogens with one attached hydrogen (secondary N) is 2. The lowest BCUT2D eigenvalue weighted by Crippen LogP contribution is -2.13. The van der Waals surface area contributed by atoms with Crippen LogP contribution in [0.25, 0.3) is 0 Å². The van der Waals surface area contributed by atoms with E-state index in [2.05, 4.69) is 10.6 Å². The van der Waals surface area contributed by atoms with E-state index in [-0.39, 0.29) is 18.1 Å². The number of esters is 1. The van der Waals surface area contributed by atoms with Crippen molar-refractivity contribution in [2.75, 3.05) is 17.2 Å². The topological polar surface area (TPSA) is 84.5 Å². The molecule has 2 aromatic rings. The minimum absolute atomic E-state index is 0.209. The van der Waals surface area contributed by atoms with Gasteiger partial charge in [0.1, 0.15) is 5.00 Å². The Morgan fingerprint density at radius 2 is 1.96 bits per heavy atom. The van der Waals surface area contributed by atoms with Crippen LogP contribution < -0.4 is 10.6 Å². The molecule has 0 atom stereocenters. The van der Waals surface area contributed by atoms with Crippen LogP contribution in [-0.2, 0) is 9.53 Å². The quantitative estimate of drug-likeness (QED) is 0.629. The maximum atomic E-state index is 12.4. The van der Waals surface area contributed by atoms with E-state index in [9.17, 15) is 14.4 Å². The third kappa shape index (κ3) is 3.75. The molecule has 0 bridgehead atoms. The highest BCUT2D eigenvalue weighted by Crippen LogP contribution is 2.33. The second-order valence-corrected chi connectivity index (χ2v) is 5.58. The van der Waals surface area contributed by atoms with Crippen molar-refractivity contribution in [2.45, 2.75) is 13.8 Å². The van der Waals surface area contributed by atoms with E-state index in [1.54, 1.807) is 38.1 Å². The third-order valence-corrected chi connectivity index (χ3v) is 4.28. The van der Waals surface area contributed by atoms with E-state index in [0.29, 0.717) is 27.5 Å². The lowest BCUT2D eigenvalue weighted by Gasteiger charge is -2.05. The molecule has 0 unspecified atom stereocenters. The number of ether oxygens (including phenoxy) is 1. The van der Waals surface area contributed by atoms with Gasteiger partial charge in [-0.2, -0.15) is 0 Å². The molecule has 6 nitrogen and oxygen atoms in total. The van der Waals surface area contributed by atoms with Gasteiger partial charge in [-0.25, -0.2) is 4.79 Å². The molecule has 0 aliphatic carbocycles. The van der Waals surface area contributed by atoms with Gasteiger partial charge in [0, 0.05) is 5.69 Å². The number of para-hydroxylation sites is 1. The molecule has 1 aromatic heterocycles. The van der Waals surface area contributed by atoms with Crippen LogP contribution in [0.2, 0.25) is 0 Å². The number of benzene rings is 1. The van der Waals surface area contributed by atoms with Gasteiger partial charge in [-0.15, -0.1) is 11.3 Å². The standard InChI is InChI=1S/C16H16N2O4S/c1-3-22-16(21)12-10(2)13(23-15(12)17-9-19)14(20)18-11-7-5-4-6-8-11/h4-9H,3H2,1-2H3,(H,17,19)(H,18,20). The predicted molar refractivity (Wildman–Crippen MR) is 89.1 cm³/mol. The maximum absolute atomic E-state index is 12.4. The molecule has 7 heteroatoms. The van der Waals surface area contributed by atoms with Crippen LogP contribution in [0.5, 0.6) is 0 Å². The molecule has 0 aliphatic heterocycles. The first-order valence-corrected chi connectivity index (χ1v) is 7.77. The molecule has 23 heavy (non-hydrogen) atoms. The first-order chi connectivity index (χ1) is 11.1. The van der Waals surface area contributed by atoms with Gasteiger partial charge in [-0.1, -0.05) is 18.2 Å². The van der Waals surface area contributed by atoms with Crippen LogP contribution >= 0.6 is 11.3 Å². The summed E-state index contributed by atoms with van der Waals surface area (Å²) in [5, 5.41) is 5.51. The van der Waals surface area contributed by atoms with Crippen LogP contribution in [0.1, 0.15) is 32.5 Å². The summed E-state index contributed by atoms with van der Waals surface area (Å²) in [6.07, 6.45) is 0.465. The summed E-state index contributed by atoms with van der Waals surface area (Å²) in [6, 6.07) is 8.98. The average molecular weight is 332 g/mol. The molecular formula is C16H16N2O4S. The average Bonchev–Trinajstić information content (AvgIpc) is 2.85. The van der Waals surface area contributed by atoms with Crippen LogP contribution in [0, 0.1) is 6.92 Å². The van der Waals surface area contributed by atoms with E-state index < -0.39 is 5.97 Å². The Labute approximate surface area is 137 Å². The van der Waals surface area contributed by atoms with E-state index in [1.165, 1.54) is 0 Å². The largest absolute Gasteiger partial charge is 0.462 e. The van der Waals surface area contributed by atoms with Crippen LogP contribution in [0.15, 0.2) is 30.3 Å². The summed E-state index contributed by atoms with van der Waals surface area (Å²) in [5.41, 5.74) is 1.33. The molecule has 0 aliphatic rings. The predicted octanol–water partition coefficient (Wildman–Crippen LogP) is 3.05. The van der Waals surface area contributed by atoms with Crippen molar-refractivity contribution in [3.63, 3.8) is 0 Å². The molecule has 2 N–H and O–H groups in total. The Morgan fingerprint density at radius 1 is 1.26 bits per heavy atom. The number of anilines is 2. The Morgan fingerprint density at radius 3 is 2.57 bits per heavy atom. The zero-order chi connectivity index (χ0) is 16.8. The third-order valence-electron chi connectivity index (χ3n) is 3.05. The lowest BCUT2D eigenvalue weighted by atomic mass is 10.1. The van der Waals surface area contributed by atoms with Crippen LogP contribution in [0.3, 0.4) is 0 Å². The fourth-order valence-corrected chi connectivity index (χ4v) is 3.09. The Hall–Kier alpha value is -2.67. The number of carbonyl (C=O) groups excluding carboxylic acids is 3. The molecule has 120 valence electrons. The fraction of sp³-hybridized carbons (Fsp3) is 0.188. The minimum atomic E-state index is -0.565. The number of thiophene rings is 1. The van der Waals surface area contributed by atoms with Gasteiger partial charge < -0.3 is 15.4 Å². The monoisotopic (exact) mass is 332 g/mol. The van der Waals surface area contributed by atoms with E-state index >= 15 is 0 Å². The molecule has 0 saturated carbocycles. The van der Waals surface area contributed by atoms with Gasteiger partial charge in [-0.3, -0.25) is 9.59 Å². The molecule has 0 fully saturated rings. The van der Waals surface area contributed by atoms with Crippen molar-refractivity contribution in [3.8, 4) is 0 Å². The molecule has 2 amide bonds.